The van der Waals surface area contributed by atoms with E-state index in [2.05, 4.69) is 19.9 Å². The first-order valence-electron chi connectivity index (χ1n) is 4.38. The minimum Gasteiger partial charge on any atom is -0.192 e. The first-order valence-corrected chi connectivity index (χ1v) is 4.76. The monoisotopic (exact) mass is 193 g/mol. The number of rotatable bonds is 2. The summed E-state index contributed by atoms with van der Waals surface area (Å²) < 4.78 is 0. The molecule has 1 aromatic rings. The Morgan fingerprint density at radius 3 is 2.77 bits per heavy atom. The van der Waals surface area contributed by atoms with Crippen molar-refractivity contribution in [3.8, 4) is 6.07 Å². The number of halogens is 1. The fraction of sp³-hybridized carbons (Fsp3) is 0.364. The van der Waals surface area contributed by atoms with Gasteiger partial charge >= 0.3 is 0 Å². The van der Waals surface area contributed by atoms with Gasteiger partial charge in [-0.25, -0.2) is 0 Å². The second-order valence-corrected chi connectivity index (χ2v) is 3.56. The lowest BCUT2D eigenvalue weighted by atomic mass is 9.97. The standard InChI is InChI=1S/C11H12ClN/c1-3-8(2)10-6-9(7-13)4-5-11(10)12/h4-6,8H,3H2,1-2H3. The van der Waals surface area contributed by atoms with Crippen LogP contribution in [0.15, 0.2) is 18.2 Å². The number of hydrogen-bond acceptors (Lipinski definition) is 1. The first-order chi connectivity index (χ1) is 6.19. The highest BCUT2D eigenvalue weighted by atomic mass is 35.5. The van der Waals surface area contributed by atoms with Crippen molar-refractivity contribution in [3.05, 3.63) is 34.3 Å². The topological polar surface area (TPSA) is 23.8 Å². The van der Waals surface area contributed by atoms with Crippen molar-refractivity contribution >= 4 is 11.6 Å². The molecule has 1 aromatic carbocycles. The molecule has 2 heteroatoms. The van der Waals surface area contributed by atoms with Crippen LogP contribution in [-0.4, -0.2) is 0 Å². The Morgan fingerprint density at radius 1 is 1.54 bits per heavy atom. The fourth-order valence-corrected chi connectivity index (χ4v) is 1.51. The molecule has 0 saturated heterocycles. The van der Waals surface area contributed by atoms with Gasteiger partial charge in [-0.05, 0) is 36.1 Å². The zero-order chi connectivity index (χ0) is 9.84. The molecule has 1 rings (SSSR count). The summed E-state index contributed by atoms with van der Waals surface area (Å²) in [6.07, 6.45) is 1.04. The molecule has 0 radical (unpaired) electrons. The molecule has 13 heavy (non-hydrogen) atoms. The zero-order valence-electron chi connectivity index (χ0n) is 7.84. The molecule has 0 aromatic heterocycles. The maximum Gasteiger partial charge on any atom is 0.0991 e. The molecule has 0 amide bonds. The van der Waals surface area contributed by atoms with Gasteiger partial charge in [-0.15, -0.1) is 0 Å². The van der Waals surface area contributed by atoms with Gasteiger partial charge in [0, 0.05) is 5.02 Å². The van der Waals surface area contributed by atoms with Crippen molar-refractivity contribution in [2.75, 3.05) is 0 Å². The van der Waals surface area contributed by atoms with Crippen LogP contribution in [0.1, 0.15) is 37.3 Å². The molecule has 1 nitrogen and oxygen atoms in total. The first kappa shape index (κ1) is 10.1. The second-order valence-electron chi connectivity index (χ2n) is 3.16. The molecule has 68 valence electrons. The molecule has 0 saturated carbocycles. The molecule has 0 aliphatic carbocycles. The lowest BCUT2D eigenvalue weighted by Crippen LogP contribution is -1.93. The summed E-state index contributed by atoms with van der Waals surface area (Å²) in [5, 5.41) is 9.47. The number of benzene rings is 1. The van der Waals surface area contributed by atoms with Crippen LogP contribution < -0.4 is 0 Å². The summed E-state index contributed by atoms with van der Waals surface area (Å²) in [5.41, 5.74) is 1.75. The van der Waals surface area contributed by atoms with Gasteiger partial charge in [-0.1, -0.05) is 25.4 Å². The van der Waals surface area contributed by atoms with E-state index < -0.39 is 0 Å². The maximum atomic E-state index is 8.71. The summed E-state index contributed by atoms with van der Waals surface area (Å²) >= 11 is 6.02. The quantitative estimate of drug-likeness (QED) is 0.702. The molecule has 0 spiro atoms. The molecule has 0 aliphatic heterocycles. The average molecular weight is 194 g/mol. The number of hydrogen-bond donors (Lipinski definition) is 0. The Labute approximate surface area is 84.0 Å². The van der Waals surface area contributed by atoms with Gasteiger partial charge < -0.3 is 0 Å². The Morgan fingerprint density at radius 2 is 2.23 bits per heavy atom. The van der Waals surface area contributed by atoms with Crippen LogP contribution in [0.25, 0.3) is 0 Å². The summed E-state index contributed by atoms with van der Waals surface area (Å²) in [5.74, 6) is 0.417. The van der Waals surface area contributed by atoms with Crippen LogP contribution in [-0.2, 0) is 0 Å². The van der Waals surface area contributed by atoms with Crippen molar-refractivity contribution in [2.45, 2.75) is 26.2 Å². The van der Waals surface area contributed by atoms with Gasteiger partial charge in [-0.3, -0.25) is 0 Å². The highest BCUT2D eigenvalue weighted by molar-refractivity contribution is 6.31. The van der Waals surface area contributed by atoms with Gasteiger partial charge in [-0.2, -0.15) is 5.26 Å². The third-order valence-corrected chi connectivity index (χ3v) is 2.61. The third kappa shape index (κ3) is 2.23. The van der Waals surface area contributed by atoms with Gasteiger partial charge in [0.25, 0.3) is 0 Å². The summed E-state index contributed by atoms with van der Waals surface area (Å²) in [6.45, 7) is 4.22. The average Bonchev–Trinajstić information content (AvgIpc) is 2.17. The minimum atomic E-state index is 0.417. The fourth-order valence-electron chi connectivity index (χ4n) is 1.21. The molecule has 0 heterocycles. The van der Waals surface area contributed by atoms with Crippen LogP contribution in [0.4, 0.5) is 0 Å². The normalized spacial score (nSPS) is 12.2. The van der Waals surface area contributed by atoms with Crippen molar-refractivity contribution in [1.82, 2.24) is 0 Å². The Kier molecular flexibility index (Phi) is 3.33. The predicted octanol–water partition coefficient (Wildman–Crippen LogP) is 3.73. The highest BCUT2D eigenvalue weighted by Gasteiger charge is 2.08. The summed E-state index contributed by atoms with van der Waals surface area (Å²) in [4.78, 5) is 0. The van der Waals surface area contributed by atoms with Crippen molar-refractivity contribution in [1.29, 1.82) is 5.26 Å². The van der Waals surface area contributed by atoms with E-state index in [0.717, 1.165) is 17.0 Å². The van der Waals surface area contributed by atoms with E-state index in [-0.39, 0.29) is 0 Å². The van der Waals surface area contributed by atoms with E-state index >= 15 is 0 Å². The largest absolute Gasteiger partial charge is 0.192 e. The lowest BCUT2D eigenvalue weighted by molar-refractivity contribution is 0.733. The van der Waals surface area contributed by atoms with E-state index in [1.54, 1.807) is 12.1 Å². The zero-order valence-corrected chi connectivity index (χ0v) is 8.60. The van der Waals surface area contributed by atoms with Crippen LogP contribution in [0.3, 0.4) is 0 Å². The highest BCUT2D eigenvalue weighted by Crippen LogP contribution is 2.27. The van der Waals surface area contributed by atoms with Gasteiger partial charge in [0.1, 0.15) is 0 Å². The molecular formula is C11H12ClN. The molecule has 1 atom stereocenters. The van der Waals surface area contributed by atoms with Crippen LogP contribution >= 0.6 is 11.6 Å². The molecule has 0 aliphatic rings. The van der Waals surface area contributed by atoms with Crippen LogP contribution in [0.2, 0.25) is 5.02 Å². The van der Waals surface area contributed by atoms with E-state index in [1.807, 2.05) is 6.07 Å². The second kappa shape index (κ2) is 4.30. The molecule has 0 bridgehead atoms. The Bertz CT molecular complexity index is 338. The van der Waals surface area contributed by atoms with Crippen molar-refractivity contribution in [3.63, 3.8) is 0 Å². The maximum absolute atomic E-state index is 8.71. The van der Waals surface area contributed by atoms with Crippen molar-refractivity contribution in [2.24, 2.45) is 0 Å². The Balaban J connectivity index is 3.12. The minimum absolute atomic E-state index is 0.417. The van der Waals surface area contributed by atoms with Crippen LogP contribution in [0.5, 0.6) is 0 Å². The van der Waals surface area contributed by atoms with Gasteiger partial charge in [0.2, 0.25) is 0 Å². The molecule has 0 fully saturated rings. The SMILES string of the molecule is CCC(C)c1cc(C#N)ccc1Cl. The summed E-state index contributed by atoms with van der Waals surface area (Å²) in [6, 6.07) is 7.52. The third-order valence-electron chi connectivity index (χ3n) is 2.27. The van der Waals surface area contributed by atoms with E-state index in [1.165, 1.54) is 0 Å². The van der Waals surface area contributed by atoms with E-state index in [4.69, 9.17) is 16.9 Å². The molecule has 1 unspecified atom stereocenters. The Hall–Kier alpha value is -1.000. The number of nitriles is 1. The van der Waals surface area contributed by atoms with Gasteiger partial charge in [0.05, 0.1) is 11.6 Å². The molecular weight excluding hydrogens is 182 g/mol. The van der Waals surface area contributed by atoms with Gasteiger partial charge in [0.15, 0.2) is 0 Å². The van der Waals surface area contributed by atoms with E-state index in [0.29, 0.717) is 11.5 Å². The lowest BCUT2D eigenvalue weighted by Gasteiger charge is -2.10. The van der Waals surface area contributed by atoms with E-state index in [9.17, 15) is 0 Å². The number of nitrogens with zero attached hydrogens (tertiary/aromatic N) is 1. The summed E-state index contributed by atoms with van der Waals surface area (Å²) in [7, 11) is 0. The van der Waals surface area contributed by atoms with Crippen molar-refractivity contribution < 1.29 is 0 Å². The smallest absolute Gasteiger partial charge is 0.0991 e. The predicted molar refractivity (Wildman–Crippen MR) is 54.9 cm³/mol. The van der Waals surface area contributed by atoms with Crippen LogP contribution in [0, 0.1) is 11.3 Å². The molecule has 0 N–H and O–H groups in total.